The number of hydrogen-bond acceptors (Lipinski definition) is 2. The summed E-state index contributed by atoms with van der Waals surface area (Å²) in [7, 11) is 0. The molecule has 0 spiro atoms. The number of rotatable bonds is 6. The van der Waals surface area contributed by atoms with E-state index in [1.54, 1.807) is 42.5 Å². The summed E-state index contributed by atoms with van der Waals surface area (Å²) in [6, 6.07) is 12.1. The van der Waals surface area contributed by atoms with Crippen molar-refractivity contribution in [2.45, 2.75) is 13.5 Å². The van der Waals surface area contributed by atoms with Crippen molar-refractivity contribution in [1.29, 1.82) is 0 Å². The van der Waals surface area contributed by atoms with Crippen molar-refractivity contribution in [3.05, 3.63) is 75.8 Å². The third-order valence-electron chi connectivity index (χ3n) is 3.06. The Kier molecular flexibility index (Phi) is 6.08. The summed E-state index contributed by atoms with van der Waals surface area (Å²) in [5.74, 6) is 0.521. The van der Waals surface area contributed by atoms with Crippen molar-refractivity contribution in [3.63, 3.8) is 0 Å². The number of hydrogen-bond donors (Lipinski definition) is 1. The van der Waals surface area contributed by atoms with Gasteiger partial charge >= 0.3 is 0 Å². The zero-order valence-electron chi connectivity index (χ0n) is 12.7. The number of carbonyl (C=O) groups is 1. The van der Waals surface area contributed by atoms with Crippen LogP contribution in [-0.4, -0.2) is 12.5 Å². The Labute approximate surface area is 145 Å². The summed E-state index contributed by atoms with van der Waals surface area (Å²) < 4.78 is 5.50. The fourth-order valence-electron chi connectivity index (χ4n) is 1.85. The summed E-state index contributed by atoms with van der Waals surface area (Å²) in [5.41, 5.74) is 2.30. The van der Waals surface area contributed by atoms with E-state index in [9.17, 15) is 4.79 Å². The molecule has 5 heteroatoms. The van der Waals surface area contributed by atoms with Gasteiger partial charge in [-0.2, -0.15) is 0 Å². The molecule has 120 valence electrons. The number of ether oxygens (including phenoxy) is 1. The predicted molar refractivity (Wildman–Crippen MR) is 94.4 cm³/mol. The molecule has 0 unspecified atom stereocenters. The van der Waals surface area contributed by atoms with Gasteiger partial charge in [-0.25, -0.2) is 0 Å². The van der Waals surface area contributed by atoms with Gasteiger partial charge in [-0.1, -0.05) is 35.8 Å². The summed E-state index contributed by atoms with van der Waals surface area (Å²) in [6.07, 6.45) is 0. The van der Waals surface area contributed by atoms with Crippen LogP contribution in [0.5, 0.6) is 5.75 Å². The number of nitrogens with one attached hydrogen (secondary N) is 1. The molecule has 0 aromatic heterocycles. The Balaban J connectivity index is 1.94. The van der Waals surface area contributed by atoms with Gasteiger partial charge in [0.2, 0.25) is 0 Å². The molecule has 2 aromatic rings. The maximum absolute atomic E-state index is 12.1. The second kappa shape index (κ2) is 8.04. The van der Waals surface area contributed by atoms with E-state index in [0.29, 0.717) is 34.5 Å². The Bertz CT molecular complexity index is 711. The van der Waals surface area contributed by atoms with E-state index in [1.165, 1.54) is 0 Å². The Morgan fingerprint density at radius 1 is 1.17 bits per heavy atom. The topological polar surface area (TPSA) is 38.3 Å². The molecule has 2 aromatic carbocycles. The van der Waals surface area contributed by atoms with E-state index in [4.69, 9.17) is 27.9 Å². The molecular formula is C18H17Cl2NO2. The SMILES string of the molecule is C=C(C)COc1ccc(C(=O)NCc2ccc(Cl)cc2Cl)cc1. The fraction of sp³-hybridized carbons (Fsp3) is 0.167. The average Bonchev–Trinajstić information content (AvgIpc) is 2.52. The average molecular weight is 350 g/mol. The molecule has 0 aliphatic carbocycles. The zero-order valence-corrected chi connectivity index (χ0v) is 14.2. The predicted octanol–water partition coefficient (Wildman–Crippen LogP) is 4.88. The first-order valence-electron chi connectivity index (χ1n) is 7.05. The van der Waals surface area contributed by atoms with Crippen molar-refractivity contribution in [2.24, 2.45) is 0 Å². The number of carbonyl (C=O) groups excluding carboxylic acids is 1. The molecule has 0 saturated heterocycles. The van der Waals surface area contributed by atoms with Gasteiger partial charge < -0.3 is 10.1 Å². The van der Waals surface area contributed by atoms with E-state index in [0.717, 1.165) is 11.1 Å². The normalized spacial score (nSPS) is 10.2. The van der Waals surface area contributed by atoms with Crippen LogP contribution in [0.15, 0.2) is 54.6 Å². The van der Waals surface area contributed by atoms with Crippen molar-refractivity contribution < 1.29 is 9.53 Å². The van der Waals surface area contributed by atoms with Crippen LogP contribution >= 0.6 is 23.2 Å². The third-order valence-corrected chi connectivity index (χ3v) is 3.64. The molecule has 0 aliphatic heterocycles. The molecule has 0 fully saturated rings. The Morgan fingerprint density at radius 3 is 2.48 bits per heavy atom. The standard InChI is InChI=1S/C18H17Cl2NO2/c1-12(2)11-23-16-7-4-13(5-8-16)18(22)21-10-14-3-6-15(19)9-17(14)20/h3-9H,1,10-11H2,2H3,(H,21,22). The highest BCUT2D eigenvalue weighted by atomic mass is 35.5. The van der Waals surface area contributed by atoms with Crippen LogP contribution in [0, 0.1) is 0 Å². The highest BCUT2D eigenvalue weighted by Gasteiger charge is 2.07. The van der Waals surface area contributed by atoms with Crippen molar-refractivity contribution >= 4 is 29.1 Å². The van der Waals surface area contributed by atoms with Crippen LogP contribution in [0.2, 0.25) is 10.0 Å². The lowest BCUT2D eigenvalue weighted by molar-refractivity contribution is 0.0951. The quantitative estimate of drug-likeness (QED) is 0.754. The first-order valence-corrected chi connectivity index (χ1v) is 7.80. The van der Waals surface area contributed by atoms with Gasteiger partial charge in [0.1, 0.15) is 12.4 Å². The molecule has 23 heavy (non-hydrogen) atoms. The van der Waals surface area contributed by atoms with Crippen LogP contribution in [0.25, 0.3) is 0 Å². The fourth-order valence-corrected chi connectivity index (χ4v) is 2.33. The second-order valence-electron chi connectivity index (χ2n) is 5.19. The van der Waals surface area contributed by atoms with Gasteiger partial charge in [0, 0.05) is 22.2 Å². The van der Waals surface area contributed by atoms with E-state index in [2.05, 4.69) is 11.9 Å². The molecule has 1 amide bonds. The van der Waals surface area contributed by atoms with Crippen LogP contribution in [-0.2, 0) is 6.54 Å². The molecule has 0 bridgehead atoms. The molecule has 3 nitrogen and oxygen atoms in total. The minimum absolute atomic E-state index is 0.178. The van der Waals surface area contributed by atoms with Gasteiger partial charge in [-0.05, 0) is 54.5 Å². The molecule has 0 radical (unpaired) electrons. The monoisotopic (exact) mass is 349 g/mol. The minimum atomic E-state index is -0.178. The Morgan fingerprint density at radius 2 is 1.87 bits per heavy atom. The zero-order chi connectivity index (χ0) is 16.8. The summed E-state index contributed by atoms with van der Waals surface area (Å²) in [5, 5.41) is 3.92. The smallest absolute Gasteiger partial charge is 0.251 e. The lowest BCUT2D eigenvalue weighted by Gasteiger charge is -2.09. The minimum Gasteiger partial charge on any atom is -0.489 e. The first-order chi connectivity index (χ1) is 11.0. The van der Waals surface area contributed by atoms with Gasteiger partial charge in [0.25, 0.3) is 5.91 Å². The van der Waals surface area contributed by atoms with Crippen molar-refractivity contribution in [2.75, 3.05) is 6.61 Å². The lowest BCUT2D eigenvalue weighted by Crippen LogP contribution is -2.22. The van der Waals surface area contributed by atoms with Crippen LogP contribution in [0.4, 0.5) is 0 Å². The van der Waals surface area contributed by atoms with E-state index < -0.39 is 0 Å². The van der Waals surface area contributed by atoms with Gasteiger partial charge in [0.15, 0.2) is 0 Å². The summed E-state index contributed by atoms with van der Waals surface area (Å²) >= 11 is 11.9. The highest BCUT2D eigenvalue weighted by Crippen LogP contribution is 2.21. The van der Waals surface area contributed by atoms with Gasteiger partial charge in [-0.3, -0.25) is 4.79 Å². The third kappa shape index (κ3) is 5.31. The molecule has 0 heterocycles. The van der Waals surface area contributed by atoms with Gasteiger partial charge in [0.05, 0.1) is 0 Å². The molecular weight excluding hydrogens is 333 g/mol. The molecule has 1 N–H and O–H groups in total. The van der Waals surface area contributed by atoms with Crippen molar-refractivity contribution in [3.8, 4) is 5.75 Å². The van der Waals surface area contributed by atoms with Gasteiger partial charge in [-0.15, -0.1) is 0 Å². The number of amides is 1. The van der Waals surface area contributed by atoms with Crippen LogP contribution in [0.3, 0.4) is 0 Å². The summed E-state index contributed by atoms with van der Waals surface area (Å²) in [4.78, 5) is 12.1. The largest absolute Gasteiger partial charge is 0.489 e. The molecule has 0 aliphatic rings. The lowest BCUT2D eigenvalue weighted by atomic mass is 10.2. The maximum atomic E-state index is 12.1. The van der Waals surface area contributed by atoms with Crippen LogP contribution < -0.4 is 10.1 Å². The van der Waals surface area contributed by atoms with Crippen molar-refractivity contribution in [1.82, 2.24) is 5.32 Å². The van der Waals surface area contributed by atoms with Crippen LogP contribution in [0.1, 0.15) is 22.8 Å². The van der Waals surface area contributed by atoms with E-state index >= 15 is 0 Å². The molecule has 0 atom stereocenters. The Hall–Kier alpha value is -1.97. The van der Waals surface area contributed by atoms with E-state index in [1.807, 2.05) is 6.92 Å². The summed E-state index contributed by atoms with van der Waals surface area (Å²) in [6.45, 7) is 6.46. The molecule has 2 rings (SSSR count). The second-order valence-corrected chi connectivity index (χ2v) is 6.03. The number of benzene rings is 2. The molecule has 0 saturated carbocycles. The maximum Gasteiger partial charge on any atom is 0.251 e. The van der Waals surface area contributed by atoms with E-state index in [-0.39, 0.29) is 5.91 Å². The first kappa shape index (κ1) is 17.4. The number of halogens is 2. The highest BCUT2D eigenvalue weighted by molar-refractivity contribution is 6.35.